The molecule has 0 radical (unpaired) electrons. The molecule has 0 unspecified atom stereocenters. The first kappa shape index (κ1) is 17.3. The van der Waals surface area contributed by atoms with E-state index in [0.717, 1.165) is 10.6 Å². The Kier molecular flexibility index (Phi) is 5.55. The van der Waals surface area contributed by atoms with Gasteiger partial charge in [0.1, 0.15) is 5.82 Å². The molecule has 25 heavy (non-hydrogen) atoms. The van der Waals surface area contributed by atoms with Crippen molar-refractivity contribution in [3.8, 4) is 0 Å². The third kappa shape index (κ3) is 4.51. The number of nitrogens with one attached hydrogen (secondary N) is 1. The molecule has 1 aromatic carbocycles. The maximum atomic E-state index is 12.0. The number of benzene rings is 1. The molecule has 0 fully saturated rings. The van der Waals surface area contributed by atoms with Gasteiger partial charge in [0.2, 0.25) is 0 Å². The lowest BCUT2D eigenvalue weighted by Gasteiger charge is -2.05. The van der Waals surface area contributed by atoms with Gasteiger partial charge in [0.15, 0.2) is 0 Å². The number of hydrogen-bond donors (Lipinski definition) is 1. The van der Waals surface area contributed by atoms with Gasteiger partial charge in [0.25, 0.3) is 5.56 Å². The highest BCUT2D eigenvalue weighted by Gasteiger charge is 2.07. The number of thiazole rings is 1. The van der Waals surface area contributed by atoms with Crippen LogP contribution in [0.3, 0.4) is 0 Å². The van der Waals surface area contributed by atoms with Crippen LogP contribution >= 0.6 is 11.3 Å². The average molecular weight is 357 g/mol. The molecule has 0 atom stereocenters. The summed E-state index contributed by atoms with van der Waals surface area (Å²) in [6, 6.07) is 7.21. The number of aryl methyl sites for hydroxylation is 2. The smallest absolute Gasteiger partial charge is 0.305 e. The van der Waals surface area contributed by atoms with Gasteiger partial charge in [-0.2, -0.15) is 0 Å². The molecular formula is C18H19N3O3S. The molecular weight excluding hydrogens is 338 g/mol. The van der Waals surface area contributed by atoms with E-state index in [9.17, 15) is 9.59 Å². The molecule has 0 amide bonds. The van der Waals surface area contributed by atoms with Crippen LogP contribution in [0.2, 0.25) is 0 Å². The third-order valence-corrected chi connectivity index (χ3v) is 4.89. The summed E-state index contributed by atoms with van der Waals surface area (Å²) < 4.78 is 5.25. The minimum Gasteiger partial charge on any atom is -0.465 e. The number of hydrogen-bond acceptors (Lipinski definition) is 6. The summed E-state index contributed by atoms with van der Waals surface area (Å²) in [5, 5.41) is 0.573. The summed E-state index contributed by atoms with van der Waals surface area (Å²) in [5.41, 5.74) is 3.31. The van der Waals surface area contributed by atoms with Crippen LogP contribution in [0, 0.1) is 6.92 Å². The summed E-state index contributed by atoms with van der Waals surface area (Å²) in [4.78, 5) is 36.3. The number of H-pyrrole nitrogens is 1. The van der Waals surface area contributed by atoms with Crippen molar-refractivity contribution < 1.29 is 9.53 Å². The third-order valence-electron chi connectivity index (χ3n) is 3.89. The van der Waals surface area contributed by atoms with Crippen LogP contribution < -0.4 is 5.56 Å². The number of aromatic amines is 1. The molecule has 2 aromatic heterocycles. The number of esters is 1. The second kappa shape index (κ2) is 8.02. The number of carbonyl (C=O) groups excluding carboxylic acids is 1. The number of para-hydroxylation sites is 1. The number of fused-ring (bicyclic) bond motifs is 1. The van der Waals surface area contributed by atoms with Gasteiger partial charge in [-0.1, -0.05) is 12.1 Å². The lowest BCUT2D eigenvalue weighted by atomic mass is 10.2. The maximum absolute atomic E-state index is 12.0. The lowest BCUT2D eigenvalue weighted by molar-refractivity contribution is -0.143. The fourth-order valence-electron chi connectivity index (χ4n) is 2.55. The lowest BCUT2D eigenvalue weighted by Crippen LogP contribution is -2.13. The van der Waals surface area contributed by atoms with Crippen LogP contribution in [0.1, 0.15) is 29.2 Å². The van der Waals surface area contributed by atoms with E-state index in [2.05, 4.69) is 15.0 Å². The van der Waals surface area contributed by atoms with Crippen molar-refractivity contribution in [2.75, 3.05) is 6.61 Å². The normalized spacial score (nSPS) is 10.9. The van der Waals surface area contributed by atoms with E-state index in [1.165, 1.54) is 0 Å². The number of carbonyl (C=O) groups is 1. The van der Waals surface area contributed by atoms with Gasteiger partial charge in [-0.3, -0.25) is 9.59 Å². The van der Waals surface area contributed by atoms with Gasteiger partial charge >= 0.3 is 5.97 Å². The molecule has 0 bridgehead atoms. The molecule has 0 saturated heterocycles. The molecule has 6 nitrogen and oxygen atoms in total. The van der Waals surface area contributed by atoms with Crippen LogP contribution in [-0.4, -0.2) is 27.5 Å². The molecule has 7 heteroatoms. The van der Waals surface area contributed by atoms with E-state index < -0.39 is 0 Å². The van der Waals surface area contributed by atoms with Crippen molar-refractivity contribution in [2.24, 2.45) is 0 Å². The molecule has 0 saturated carbocycles. The molecule has 130 valence electrons. The van der Waals surface area contributed by atoms with Crippen molar-refractivity contribution in [3.63, 3.8) is 0 Å². The minimum atomic E-state index is -0.231. The highest BCUT2D eigenvalue weighted by Crippen LogP contribution is 2.13. The zero-order valence-electron chi connectivity index (χ0n) is 13.9. The van der Waals surface area contributed by atoms with E-state index in [1.807, 2.05) is 25.1 Å². The van der Waals surface area contributed by atoms with Gasteiger partial charge in [-0.05, 0) is 25.5 Å². The van der Waals surface area contributed by atoms with Crippen molar-refractivity contribution in [2.45, 2.75) is 32.6 Å². The highest BCUT2D eigenvalue weighted by molar-refractivity contribution is 7.09. The minimum absolute atomic E-state index is 0.150. The average Bonchev–Trinajstić information content (AvgIpc) is 3.00. The fourth-order valence-corrected chi connectivity index (χ4v) is 3.31. The van der Waals surface area contributed by atoms with Gasteiger partial charge in [-0.15, -0.1) is 11.3 Å². The Morgan fingerprint density at radius 2 is 2.12 bits per heavy atom. The van der Waals surface area contributed by atoms with Crippen LogP contribution in [0.25, 0.3) is 10.9 Å². The molecule has 0 aliphatic carbocycles. The summed E-state index contributed by atoms with van der Waals surface area (Å²) in [6.45, 7) is 2.32. The first-order valence-corrected chi connectivity index (χ1v) is 9.04. The first-order chi connectivity index (χ1) is 12.1. The number of nitrogens with zero attached hydrogens (tertiary/aromatic N) is 2. The number of aromatic nitrogens is 3. The van der Waals surface area contributed by atoms with Crippen molar-refractivity contribution in [3.05, 3.63) is 56.5 Å². The number of rotatable bonds is 7. The van der Waals surface area contributed by atoms with Gasteiger partial charge < -0.3 is 9.72 Å². The molecule has 3 rings (SSSR count). The molecule has 1 N–H and O–H groups in total. The molecule has 0 aliphatic rings. The Balaban J connectivity index is 1.45. The SMILES string of the molecule is Cc1ncsc1CCOC(=O)CCCc1nc2ccccc2c(=O)[nH]1. The van der Waals surface area contributed by atoms with Crippen LogP contribution in [0.4, 0.5) is 0 Å². The van der Waals surface area contributed by atoms with Gasteiger partial charge in [0.05, 0.1) is 28.7 Å². The summed E-state index contributed by atoms with van der Waals surface area (Å²) in [6.07, 6.45) is 2.11. The molecule has 3 aromatic rings. The Labute approximate surface area is 148 Å². The van der Waals surface area contributed by atoms with E-state index in [1.54, 1.807) is 22.9 Å². The second-order valence-electron chi connectivity index (χ2n) is 5.71. The van der Waals surface area contributed by atoms with Gasteiger partial charge in [-0.25, -0.2) is 9.97 Å². The Hall–Kier alpha value is -2.54. The predicted octanol–water partition coefficient (Wildman–Crippen LogP) is 2.80. The fraction of sp³-hybridized carbons (Fsp3) is 0.333. The van der Waals surface area contributed by atoms with E-state index in [4.69, 9.17) is 4.74 Å². The summed E-state index contributed by atoms with van der Waals surface area (Å²) in [5.74, 6) is 0.363. The summed E-state index contributed by atoms with van der Waals surface area (Å²) in [7, 11) is 0. The predicted molar refractivity (Wildman–Crippen MR) is 96.8 cm³/mol. The highest BCUT2D eigenvalue weighted by atomic mass is 32.1. The zero-order chi connectivity index (χ0) is 17.6. The number of ether oxygens (including phenoxy) is 1. The van der Waals surface area contributed by atoms with Crippen LogP contribution in [-0.2, 0) is 22.4 Å². The molecule has 0 spiro atoms. The standard InChI is InChI=1S/C18H19N3O3S/c1-12-15(25-11-19-12)9-10-24-17(22)8-4-7-16-20-14-6-3-2-5-13(14)18(23)21-16/h2-3,5-6,11H,4,7-10H2,1H3,(H,20,21,23). The Morgan fingerprint density at radius 3 is 2.92 bits per heavy atom. The zero-order valence-corrected chi connectivity index (χ0v) is 14.8. The van der Waals surface area contributed by atoms with Crippen molar-refractivity contribution in [1.82, 2.24) is 15.0 Å². The van der Waals surface area contributed by atoms with Gasteiger partial charge in [0, 0.05) is 24.1 Å². The molecule has 0 aliphatic heterocycles. The largest absolute Gasteiger partial charge is 0.465 e. The van der Waals surface area contributed by atoms with Crippen molar-refractivity contribution >= 4 is 28.2 Å². The topological polar surface area (TPSA) is 84.9 Å². The summed E-state index contributed by atoms with van der Waals surface area (Å²) >= 11 is 1.57. The Morgan fingerprint density at radius 1 is 1.28 bits per heavy atom. The molecule has 2 heterocycles. The van der Waals surface area contributed by atoms with E-state index >= 15 is 0 Å². The quantitative estimate of drug-likeness (QED) is 0.657. The van der Waals surface area contributed by atoms with Crippen molar-refractivity contribution in [1.29, 1.82) is 0 Å². The van der Waals surface area contributed by atoms with Crippen LogP contribution in [0.5, 0.6) is 0 Å². The monoisotopic (exact) mass is 357 g/mol. The Bertz CT molecular complexity index is 932. The van der Waals surface area contributed by atoms with E-state index in [-0.39, 0.29) is 11.5 Å². The second-order valence-corrected chi connectivity index (χ2v) is 6.65. The van der Waals surface area contributed by atoms with E-state index in [0.29, 0.717) is 49.0 Å². The first-order valence-electron chi connectivity index (χ1n) is 8.16. The maximum Gasteiger partial charge on any atom is 0.305 e. The van der Waals surface area contributed by atoms with Crippen LogP contribution in [0.15, 0.2) is 34.6 Å².